The van der Waals surface area contributed by atoms with Crippen molar-refractivity contribution in [2.75, 3.05) is 13.2 Å². The number of halogens is 1. The quantitative estimate of drug-likeness (QED) is 0.788. The summed E-state index contributed by atoms with van der Waals surface area (Å²) in [5, 5.41) is 15.2. The fraction of sp³-hybridized carbons (Fsp3) is 0.429. The molecule has 2 amide bonds. The lowest BCUT2D eigenvalue weighted by molar-refractivity contribution is -0.148. The maximum Gasteiger partial charge on any atom is 0.315 e. The van der Waals surface area contributed by atoms with Crippen LogP contribution in [0, 0.1) is 5.41 Å². The van der Waals surface area contributed by atoms with Gasteiger partial charge in [-0.25, -0.2) is 4.79 Å². The number of carbonyl (C=O) groups excluding carboxylic acids is 1. The van der Waals surface area contributed by atoms with Crippen molar-refractivity contribution in [2.45, 2.75) is 19.5 Å². The van der Waals surface area contributed by atoms with Gasteiger partial charge in [0.15, 0.2) is 0 Å². The van der Waals surface area contributed by atoms with E-state index in [4.69, 9.17) is 16.3 Å². The molecule has 3 N–H and O–H groups in total. The Morgan fingerprint density at radius 1 is 1.43 bits per heavy atom. The van der Waals surface area contributed by atoms with Crippen LogP contribution in [0.4, 0.5) is 4.79 Å². The van der Waals surface area contributed by atoms with E-state index >= 15 is 0 Å². The molecule has 0 spiro atoms. The Balaban J connectivity index is 1.87. The van der Waals surface area contributed by atoms with E-state index in [1.54, 1.807) is 19.1 Å². The van der Waals surface area contributed by atoms with Crippen LogP contribution in [0.5, 0.6) is 0 Å². The molecule has 1 aliphatic rings. The summed E-state index contributed by atoms with van der Waals surface area (Å²) in [4.78, 5) is 23.1. The zero-order valence-electron chi connectivity index (χ0n) is 11.6. The number of aliphatic carboxylic acids is 1. The van der Waals surface area contributed by atoms with Crippen molar-refractivity contribution in [3.05, 3.63) is 34.9 Å². The molecule has 2 unspecified atom stereocenters. The lowest BCUT2D eigenvalue weighted by Gasteiger charge is -2.25. The number of benzene rings is 1. The normalized spacial score (nSPS) is 24.6. The van der Waals surface area contributed by atoms with Crippen LogP contribution in [-0.4, -0.2) is 36.4 Å². The van der Waals surface area contributed by atoms with Crippen LogP contribution < -0.4 is 10.6 Å². The third-order valence-electron chi connectivity index (χ3n) is 3.62. The van der Waals surface area contributed by atoms with Gasteiger partial charge in [-0.2, -0.15) is 0 Å². The summed E-state index contributed by atoms with van der Waals surface area (Å²) in [5.74, 6) is -0.983. The first-order valence-corrected chi connectivity index (χ1v) is 6.89. The number of nitrogens with one attached hydrogen (secondary N) is 2. The van der Waals surface area contributed by atoms with Crippen molar-refractivity contribution in [2.24, 2.45) is 5.41 Å². The largest absolute Gasteiger partial charge is 0.481 e. The SMILES string of the molecule is CC1(C(=O)O)COCC1NC(=O)NCc1ccc(Cl)cc1. The Hall–Kier alpha value is -1.79. The molecule has 0 aromatic heterocycles. The molecule has 2 rings (SSSR count). The van der Waals surface area contributed by atoms with Crippen LogP contribution in [0.25, 0.3) is 0 Å². The molecule has 1 aromatic carbocycles. The second kappa shape index (κ2) is 6.32. The molecule has 6 nitrogen and oxygen atoms in total. The Morgan fingerprint density at radius 2 is 2.10 bits per heavy atom. The monoisotopic (exact) mass is 312 g/mol. The van der Waals surface area contributed by atoms with Crippen molar-refractivity contribution in [1.82, 2.24) is 10.6 Å². The van der Waals surface area contributed by atoms with Crippen LogP contribution in [-0.2, 0) is 16.1 Å². The topological polar surface area (TPSA) is 87.7 Å². The average Bonchev–Trinajstić information content (AvgIpc) is 2.81. The summed E-state index contributed by atoms with van der Waals surface area (Å²) >= 11 is 5.78. The van der Waals surface area contributed by atoms with Gasteiger partial charge in [-0.15, -0.1) is 0 Å². The lowest BCUT2D eigenvalue weighted by atomic mass is 9.85. The van der Waals surface area contributed by atoms with Crippen LogP contribution in [0.2, 0.25) is 5.02 Å². The predicted molar refractivity (Wildman–Crippen MR) is 77.2 cm³/mol. The van der Waals surface area contributed by atoms with Gasteiger partial charge in [-0.05, 0) is 24.6 Å². The molecular weight excluding hydrogens is 296 g/mol. The molecule has 7 heteroatoms. The number of carboxylic acid groups (broad SMARTS) is 1. The minimum absolute atomic E-state index is 0.0878. The van der Waals surface area contributed by atoms with Crippen LogP contribution in [0.15, 0.2) is 24.3 Å². The predicted octanol–water partition coefficient (Wildman–Crippen LogP) is 1.63. The van der Waals surface area contributed by atoms with Crippen molar-refractivity contribution in [3.63, 3.8) is 0 Å². The first kappa shape index (κ1) is 15.6. The summed E-state index contributed by atoms with van der Waals surface area (Å²) in [6.45, 7) is 2.18. The Kier molecular flexibility index (Phi) is 4.69. The van der Waals surface area contributed by atoms with Gasteiger partial charge < -0.3 is 20.5 Å². The highest BCUT2D eigenvalue weighted by Gasteiger charge is 2.47. The fourth-order valence-electron chi connectivity index (χ4n) is 2.08. The van der Waals surface area contributed by atoms with E-state index in [0.29, 0.717) is 11.6 Å². The maximum absolute atomic E-state index is 11.9. The number of rotatable bonds is 4. The lowest BCUT2D eigenvalue weighted by Crippen LogP contribution is -2.52. The summed E-state index contributed by atoms with van der Waals surface area (Å²) in [6.07, 6.45) is 0. The third kappa shape index (κ3) is 3.65. The molecule has 2 atom stereocenters. The molecule has 0 radical (unpaired) electrons. The molecule has 1 aromatic rings. The van der Waals surface area contributed by atoms with Gasteiger partial charge in [-0.1, -0.05) is 23.7 Å². The maximum atomic E-state index is 11.9. The van der Waals surface area contributed by atoms with Crippen LogP contribution in [0.1, 0.15) is 12.5 Å². The van der Waals surface area contributed by atoms with Crippen LogP contribution in [0.3, 0.4) is 0 Å². The van der Waals surface area contributed by atoms with Gasteiger partial charge in [0, 0.05) is 11.6 Å². The summed E-state index contributed by atoms with van der Waals surface area (Å²) in [5.41, 5.74) is -0.198. The Bertz CT molecular complexity index is 534. The molecule has 1 fully saturated rings. The first-order valence-electron chi connectivity index (χ1n) is 6.52. The van der Waals surface area contributed by atoms with E-state index < -0.39 is 23.5 Å². The number of ether oxygens (including phenoxy) is 1. The second-order valence-corrected chi connectivity index (χ2v) is 5.68. The van der Waals surface area contributed by atoms with E-state index in [-0.39, 0.29) is 13.2 Å². The fourth-order valence-corrected chi connectivity index (χ4v) is 2.20. The Morgan fingerprint density at radius 3 is 2.71 bits per heavy atom. The highest BCUT2D eigenvalue weighted by Crippen LogP contribution is 2.28. The molecule has 0 bridgehead atoms. The molecule has 114 valence electrons. The number of hydrogen-bond donors (Lipinski definition) is 3. The zero-order valence-corrected chi connectivity index (χ0v) is 12.3. The van der Waals surface area contributed by atoms with Crippen LogP contribution >= 0.6 is 11.6 Å². The molecule has 1 aliphatic heterocycles. The minimum Gasteiger partial charge on any atom is -0.481 e. The van der Waals surface area contributed by atoms with E-state index in [1.807, 2.05) is 12.1 Å². The zero-order chi connectivity index (χ0) is 15.5. The molecular formula is C14H17ClN2O4. The van der Waals surface area contributed by atoms with Crippen molar-refractivity contribution >= 4 is 23.6 Å². The minimum atomic E-state index is -1.10. The summed E-state index contributed by atoms with van der Waals surface area (Å²) in [7, 11) is 0. The standard InChI is InChI=1S/C14H17ClN2O4/c1-14(12(18)19)8-21-7-11(14)17-13(20)16-6-9-2-4-10(15)5-3-9/h2-5,11H,6-8H2,1H3,(H,18,19)(H2,16,17,20). The molecule has 1 saturated heterocycles. The van der Waals surface area contributed by atoms with E-state index in [1.165, 1.54) is 0 Å². The number of amides is 2. The highest BCUT2D eigenvalue weighted by molar-refractivity contribution is 6.30. The number of carboxylic acids is 1. The van der Waals surface area contributed by atoms with Gasteiger partial charge in [0.2, 0.25) is 0 Å². The van der Waals surface area contributed by atoms with Gasteiger partial charge >= 0.3 is 12.0 Å². The van der Waals surface area contributed by atoms with E-state index in [2.05, 4.69) is 10.6 Å². The number of urea groups is 1. The van der Waals surface area contributed by atoms with Gasteiger partial charge in [0.25, 0.3) is 0 Å². The summed E-state index contributed by atoms with van der Waals surface area (Å²) in [6, 6.07) is 6.12. The van der Waals surface area contributed by atoms with Gasteiger partial charge in [0.05, 0.1) is 19.3 Å². The Labute approximate surface area is 127 Å². The van der Waals surface area contributed by atoms with Gasteiger partial charge in [0.1, 0.15) is 5.41 Å². The van der Waals surface area contributed by atoms with E-state index in [9.17, 15) is 14.7 Å². The van der Waals surface area contributed by atoms with E-state index in [0.717, 1.165) is 5.56 Å². The number of hydrogen-bond acceptors (Lipinski definition) is 3. The number of carbonyl (C=O) groups is 2. The van der Waals surface area contributed by atoms with Crippen molar-refractivity contribution in [3.8, 4) is 0 Å². The molecule has 1 heterocycles. The highest BCUT2D eigenvalue weighted by atomic mass is 35.5. The van der Waals surface area contributed by atoms with Crippen molar-refractivity contribution in [1.29, 1.82) is 0 Å². The molecule has 0 aliphatic carbocycles. The smallest absolute Gasteiger partial charge is 0.315 e. The summed E-state index contributed by atoms with van der Waals surface area (Å²) < 4.78 is 5.17. The average molecular weight is 313 g/mol. The third-order valence-corrected chi connectivity index (χ3v) is 3.87. The van der Waals surface area contributed by atoms with Crippen molar-refractivity contribution < 1.29 is 19.4 Å². The second-order valence-electron chi connectivity index (χ2n) is 5.24. The van der Waals surface area contributed by atoms with Gasteiger partial charge in [-0.3, -0.25) is 4.79 Å². The molecule has 21 heavy (non-hydrogen) atoms. The molecule has 0 saturated carbocycles. The first-order chi connectivity index (χ1) is 9.91.